The Morgan fingerprint density at radius 2 is 1.78 bits per heavy atom. The first-order valence-electron chi connectivity index (χ1n) is 11.0. The van der Waals surface area contributed by atoms with Crippen LogP contribution in [0.5, 0.6) is 0 Å². The van der Waals surface area contributed by atoms with Gasteiger partial charge in [-0.25, -0.2) is 14.4 Å². The second-order valence-corrected chi connectivity index (χ2v) is 8.35. The van der Waals surface area contributed by atoms with Crippen LogP contribution in [0.25, 0.3) is 0 Å². The van der Waals surface area contributed by atoms with Crippen molar-refractivity contribution >= 4 is 11.9 Å². The summed E-state index contributed by atoms with van der Waals surface area (Å²) < 4.78 is 19.2. The zero-order valence-electron chi connectivity index (χ0n) is 18.1. The number of amides is 1. The van der Waals surface area contributed by atoms with Gasteiger partial charge in [-0.1, -0.05) is 12.1 Å². The van der Waals surface area contributed by atoms with Crippen molar-refractivity contribution in [2.24, 2.45) is 0 Å². The number of piperazine rings is 1. The van der Waals surface area contributed by atoms with Gasteiger partial charge < -0.3 is 14.2 Å². The Bertz CT molecular complexity index is 1090. The summed E-state index contributed by atoms with van der Waals surface area (Å²) in [7, 11) is 0. The topological polar surface area (TPSA) is 65.7 Å². The minimum atomic E-state index is -0.230. The van der Waals surface area contributed by atoms with E-state index in [4.69, 9.17) is 4.42 Å². The van der Waals surface area contributed by atoms with Crippen LogP contribution in [-0.4, -0.2) is 58.4 Å². The maximum Gasteiger partial charge on any atom is 0.257 e. The van der Waals surface area contributed by atoms with Crippen LogP contribution in [-0.2, 0) is 19.5 Å². The lowest BCUT2D eigenvalue weighted by atomic mass is 10.0. The van der Waals surface area contributed by atoms with Crippen LogP contribution in [0.4, 0.5) is 10.3 Å². The Hall–Kier alpha value is -3.26. The van der Waals surface area contributed by atoms with Gasteiger partial charge in [0.1, 0.15) is 17.3 Å². The minimum absolute atomic E-state index is 0.0322. The Labute approximate surface area is 186 Å². The highest BCUT2D eigenvalue weighted by Crippen LogP contribution is 2.30. The summed E-state index contributed by atoms with van der Waals surface area (Å²) in [6.45, 7) is 6.74. The predicted octanol–water partition coefficient (Wildman–Crippen LogP) is 3.04. The molecule has 0 spiro atoms. The van der Waals surface area contributed by atoms with E-state index in [-0.39, 0.29) is 11.7 Å². The van der Waals surface area contributed by atoms with Crippen LogP contribution >= 0.6 is 0 Å². The first kappa shape index (κ1) is 20.6. The Morgan fingerprint density at radius 1 is 1.06 bits per heavy atom. The number of halogens is 1. The van der Waals surface area contributed by atoms with Gasteiger partial charge in [0.25, 0.3) is 5.91 Å². The summed E-state index contributed by atoms with van der Waals surface area (Å²) in [5.41, 5.74) is 2.75. The lowest BCUT2D eigenvalue weighted by molar-refractivity contribution is 0.0742. The van der Waals surface area contributed by atoms with Crippen molar-refractivity contribution in [3.63, 3.8) is 0 Å². The molecular formula is C24H26FN5O2. The third-order valence-electron chi connectivity index (χ3n) is 6.24. The number of anilines is 1. The number of furan rings is 1. The van der Waals surface area contributed by atoms with Crippen LogP contribution in [0.3, 0.4) is 0 Å². The molecule has 0 aliphatic carbocycles. The smallest absolute Gasteiger partial charge is 0.257 e. The van der Waals surface area contributed by atoms with Gasteiger partial charge >= 0.3 is 0 Å². The summed E-state index contributed by atoms with van der Waals surface area (Å²) in [5, 5.41) is 0. The number of hydrogen-bond acceptors (Lipinski definition) is 6. The fourth-order valence-electron chi connectivity index (χ4n) is 4.57. The number of aromatic nitrogens is 2. The van der Waals surface area contributed by atoms with E-state index in [0.717, 1.165) is 29.9 Å². The molecule has 0 unspecified atom stereocenters. The van der Waals surface area contributed by atoms with Crippen molar-refractivity contribution in [3.8, 4) is 0 Å². The van der Waals surface area contributed by atoms with Crippen molar-refractivity contribution in [1.29, 1.82) is 0 Å². The first-order valence-corrected chi connectivity index (χ1v) is 11.0. The van der Waals surface area contributed by atoms with E-state index in [9.17, 15) is 9.18 Å². The van der Waals surface area contributed by atoms with Crippen molar-refractivity contribution in [2.45, 2.75) is 26.4 Å². The van der Waals surface area contributed by atoms with E-state index in [0.29, 0.717) is 56.5 Å². The van der Waals surface area contributed by atoms with E-state index < -0.39 is 0 Å². The number of aryl methyl sites for hydroxylation is 1. The van der Waals surface area contributed by atoms with Crippen molar-refractivity contribution < 1.29 is 13.6 Å². The fraction of sp³-hybridized carbons (Fsp3) is 0.375. The van der Waals surface area contributed by atoms with Crippen molar-refractivity contribution in [1.82, 2.24) is 19.8 Å². The second-order valence-electron chi connectivity index (χ2n) is 8.35. The molecule has 7 nitrogen and oxygen atoms in total. The molecule has 0 N–H and O–H groups in total. The van der Waals surface area contributed by atoms with Gasteiger partial charge in [0.15, 0.2) is 0 Å². The molecule has 0 radical (unpaired) electrons. The normalized spacial score (nSPS) is 16.8. The van der Waals surface area contributed by atoms with E-state index in [2.05, 4.69) is 19.8 Å². The Balaban J connectivity index is 1.28. The molecular weight excluding hydrogens is 409 g/mol. The minimum Gasteiger partial charge on any atom is -0.465 e. The Kier molecular flexibility index (Phi) is 5.61. The molecule has 0 saturated carbocycles. The number of hydrogen-bond donors (Lipinski definition) is 0. The molecule has 5 rings (SSSR count). The molecule has 8 heteroatoms. The molecule has 166 valence electrons. The highest BCUT2D eigenvalue weighted by Gasteiger charge is 2.32. The number of rotatable bonds is 4. The fourth-order valence-corrected chi connectivity index (χ4v) is 4.57. The molecule has 0 bridgehead atoms. The summed E-state index contributed by atoms with van der Waals surface area (Å²) in [5.74, 6) is 2.11. The van der Waals surface area contributed by atoms with Crippen molar-refractivity contribution in [2.75, 3.05) is 37.6 Å². The van der Waals surface area contributed by atoms with Gasteiger partial charge in [0, 0.05) is 70.2 Å². The van der Waals surface area contributed by atoms with Crippen molar-refractivity contribution in [3.05, 3.63) is 76.8 Å². The summed E-state index contributed by atoms with van der Waals surface area (Å²) >= 11 is 0. The second kappa shape index (κ2) is 8.70. The molecule has 1 fully saturated rings. The average molecular weight is 436 g/mol. The van der Waals surface area contributed by atoms with Crippen LogP contribution in [0.2, 0.25) is 0 Å². The molecule has 1 saturated heterocycles. The van der Waals surface area contributed by atoms with Crippen LogP contribution in [0, 0.1) is 12.7 Å². The monoisotopic (exact) mass is 435 g/mol. The van der Waals surface area contributed by atoms with Gasteiger partial charge in [-0.05, 0) is 30.7 Å². The molecule has 2 aliphatic rings. The van der Waals surface area contributed by atoms with Gasteiger partial charge in [-0.15, -0.1) is 0 Å². The van der Waals surface area contributed by atoms with E-state index in [1.807, 2.05) is 24.0 Å². The maximum absolute atomic E-state index is 13.5. The molecule has 32 heavy (non-hydrogen) atoms. The van der Waals surface area contributed by atoms with E-state index in [1.54, 1.807) is 18.5 Å². The number of carbonyl (C=O) groups excluding carboxylic acids is 1. The van der Waals surface area contributed by atoms with Gasteiger partial charge in [-0.2, -0.15) is 0 Å². The average Bonchev–Trinajstić information content (AvgIpc) is 3.16. The third-order valence-corrected chi connectivity index (χ3v) is 6.24. The quantitative estimate of drug-likeness (QED) is 0.628. The molecule has 0 atom stereocenters. The molecule has 2 aliphatic heterocycles. The largest absolute Gasteiger partial charge is 0.465 e. The number of nitrogens with zero attached hydrogens (tertiary/aromatic N) is 5. The number of benzene rings is 1. The highest BCUT2D eigenvalue weighted by molar-refractivity contribution is 5.97. The van der Waals surface area contributed by atoms with Gasteiger partial charge in [0.05, 0.1) is 5.56 Å². The molecule has 3 aromatic rings. The summed E-state index contributed by atoms with van der Waals surface area (Å²) in [6, 6.07) is 8.40. The SMILES string of the molecule is Cc1oc2c(c1C(=O)N1CCN(c3ncccn3)CC1)CN(Cc1ccc(F)cc1)CC2. The first-order chi connectivity index (χ1) is 15.6. The zero-order valence-corrected chi connectivity index (χ0v) is 18.1. The lowest BCUT2D eigenvalue weighted by Crippen LogP contribution is -2.49. The standard InChI is InChI=1S/C24H26FN5O2/c1-17-22(23(31)29-11-13-30(14-12-29)24-26-8-2-9-27-24)20-16-28(10-7-21(20)32-17)15-18-3-5-19(25)6-4-18/h2-6,8-9H,7,10-16H2,1H3. The van der Waals surface area contributed by atoms with Crippen LogP contribution in [0.15, 0.2) is 47.1 Å². The van der Waals surface area contributed by atoms with Gasteiger partial charge in [0.2, 0.25) is 5.95 Å². The number of carbonyl (C=O) groups is 1. The predicted molar refractivity (Wildman–Crippen MR) is 118 cm³/mol. The van der Waals surface area contributed by atoms with E-state index >= 15 is 0 Å². The maximum atomic E-state index is 13.5. The molecule has 2 aromatic heterocycles. The molecule has 4 heterocycles. The zero-order chi connectivity index (χ0) is 22.1. The van der Waals surface area contributed by atoms with E-state index in [1.165, 1.54) is 12.1 Å². The summed E-state index contributed by atoms with van der Waals surface area (Å²) in [6.07, 6.45) is 4.24. The third kappa shape index (κ3) is 4.10. The Morgan fingerprint density at radius 3 is 2.50 bits per heavy atom. The van der Waals surface area contributed by atoms with Gasteiger partial charge in [-0.3, -0.25) is 9.69 Å². The molecule has 1 amide bonds. The highest BCUT2D eigenvalue weighted by atomic mass is 19.1. The van der Waals surface area contributed by atoms with Crippen LogP contribution < -0.4 is 4.90 Å². The molecule has 1 aromatic carbocycles. The lowest BCUT2D eigenvalue weighted by Gasteiger charge is -2.35. The number of fused-ring (bicyclic) bond motifs is 1. The van der Waals surface area contributed by atoms with Crippen LogP contribution in [0.1, 0.15) is 33.0 Å². The summed E-state index contributed by atoms with van der Waals surface area (Å²) in [4.78, 5) is 28.4.